The van der Waals surface area contributed by atoms with Gasteiger partial charge in [0.15, 0.2) is 11.5 Å². The van der Waals surface area contributed by atoms with Gasteiger partial charge in [0.05, 0.1) is 17.7 Å². The van der Waals surface area contributed by atoms with E-state index in [9.17, 15) is 13.2 Å². The molecule has 1 aliphatic heterocycles. The zero-order valence-electron chi connectivity index (χ0n) is 19.4. The van der Waals surface area contributed by atoms with Crippen LogP contribution in [0, 0.1) is 0 Å². The minimum absolute atomic E-state index is 0.0850. The number of pyridine rings is 1. The van der Waals surface area contributed by atoms with E-state index in [0.29, 0.717) is 33.7 Å². The van der Waals surface area contributed by atoms with Gasteiger partial charge in [-0.05, 0) is 54.1 Å². The van der Waals surface area contributed by atoms with Gasteiger partial charge in [-0.2, -0.15) is 0 Å². The standard InChI is InChI=1S/C26H23N3O6S/c1-33-21-8-6-20(7-9-21)29(36(31,32)25-4-2-3-19-15-27-12-11-22(19)25)16-26(30)28-14-18-5-10-23-24(13-18)35-17-34-23/h2-13,15H,14,16-17H2,1H3,(H,28,30). The molecule has 4 aromatic rings. The molecule has 1 aromatic heterocycles. The monoisotopic (exact) mass is 505 g/mol. The Morgan fingerprint density at radius 1 is 1.06 bits per heavy atom. The van der Waals surface area contributed by atoms with Crippen molar-refractivity contribution in [1.29, 1.82) is 0 Å². The maximum Gasteiger partial charge on any atom is 0.265 e. The summed E-state index contributed by atoms with van der Waals surface area (Å²) in [4.78, 5) is 17.2. The summed E-state index contributed by atoms with van der Waals surface area (Å²) in [5.41, 5.74) is 1.13. The Bertz CT molecular complexity index is 1520. The van der Waals surface area contributed by atoms with Gasteiger partial charge in [-0.15, -0.1) is 0 Å². The maximum absolute atomic E-state index is 13.9. The van der Waals surface area contributed by atoms with Crippen molar-refractivity contribution < 1.29 is 27.4 Å². The Balaban J connectivity index is 1.44. The number of nitrogens with one attached hydrogen (secondary N) is 1. The molecule has 0 aliphatic carbocycles. The van der Waals surface area contributed by atoms with Crippen LogP contribution in [0.3, 0.4) is 0 Å². The summed E-state index contributed by atoms with van der Waals surface area (Å²) in [7, 11) is -2.59. The maximum atomic E-state index is 13.9. The van der Waals surface area contributed by atoms with Gasteiger partial charge in [0.2, 0.25) is 12.7 Å². The fourth-order valence-electron chi connectivity index (χ4n) is 3.94. The summed E-state index contributed by atoms with van der Waals surface area (Å²) in [5.74, 6) is 1.36. The third-order valence-corrected chi connectivity index (χ3v) is 7.62. The highest BCUT2D eigenvalue weighted by molar-refractivity contribution is 7.93. The third kappa shape index (κ3) is 4.63. The zero-order chi connectivity index (χ0) is 25.1. The summed E-state index contributed by atoms with van der Waals surface area (Å²) in [6.45, 7) is -0.0589. The van der Waals surface area contributed by atoms with E-state index in [2.05, 4.69) is 10.3 Å². The molecule has 1 amide bonds. The highest BCUT2D eigenvalue weighted by Gasteiger charge is 2.29. The molecule has 1 N–H and O–H groups in total. The Kier molecular flexibility index (Phi) is 6.34. The van der Waals surface area contributed by atoms with Crippen LogP contribution in [0.15, 0.2) is 84.0 Å². The van der Waals surface area contributed by atoms with Crippen LogP contribution in [0.1, 0.15) is 5.56 Å². The summed E-state index contributed by atoms with van der Waals surface area (Å²) in [5, 5.41) is 4.00. The predicted octanol–water partition coefficient (Wildman–Crippen LogP) is 3.48. The first-order chi connectivity index (χ1) is 17.5. The molecule has 1 aliphatic rings. The van der Waals surface area contributed by atoms with Crippen LogP contribution in [0.25, 0.3) is 10.8 Å². The molecule has 36 heavy (non-hydrogen) atoms. The van der Waals surface area contributed by atoms with Crippen molar-refractivity contribution in [2.24, 2.45) is 0 Å². The molecule has 0 atom stereocenters. The highest BCUT2D eigenvalue weighted by Crippen LogP contribution is 2.33. The lowest BCUT2D eigenvalue weighted by Gasteiger charge is -2.25. The number of benzene rings is 3. The normalized spacial score (nSPS) is 12.4. The molecule has 3 aromatic carbocycles. The molecule has 0 radical (unpaired) electrons. The molecule has 0 unspecified atom stereocenters. The number of carbonyl (C=O) groups excluding carboxylic acids is 1. The van der Waals surface area contributed by atoms with Crippen LogP contribution in [-0.4, -0.2) is 39.8 Å². The number of anilines is 1. The number of rotatable bonds is 8. The SMILES string of the molecule is COc1ccc(N(CC(=O)NCc2ccc3c(c2)OCO3)S(=O)(=O)c2cccc3cnccc23)cc1. The number of hydrogen-bond acceptors (Lipinski definition) is 7. The molecule has 0 bridgehead atoms. The van der Waals surface area contributed by atoms with Crippen molar-refractivity contribution in [2.45, 2.75) is 11.4 Å². The van der Waals surface area contributed by atoms with Crippen LogP contribution in [0.2, 0.25) is 0 Å². The van der Waals surface area contributed by atoms with Crippen LogP contribution < -0.4 is 23.8 Å². The lowest BCUT2D eigenvalue weighted by Crippen LogP contribution is -2.40. The predicted molar refractivity (Wildman–Crippen MR) is 134 cm³/mol. The number of fused-ring (bicyclic) bond motifs is 2. The minimum atomic E-state index is -4.12. The van der Waals surface area contributed by atoms with Crippen molar-refractivity contribution in [3.05, 3.63) is 84.7 Å². The largest absolute Gasteiger partial charge is 0.497 e. The summed E-state index contributed by atoms with van der Waals surface area (Å²) in [6, 6.07) is 18.5. The van der Waals surface area contributed by atoms with E-state index in [-0.39, 0.29) is 18.2 Å². The molecule has 0 saturated carbocycles. The first-order valence-corrected chi connectivity index (χ1v) is 12.5. The van der Waals surface area contributed by atoms with Gasteiger partial charge in [-0.3, -0.25) is 14.1 Å². The number of methoxy groups -OCH3 is 1. The van der Waals surface area contributed by atoms with E-state index in [1.165, 1.54) is 19.4 Å². The van der Waals surface area contributed by atoms with E-state index in [4.69, 9.17) is 14.2 Å². The van der Waals surface area contributed by atoms with Gasteiger partial charge in [0.1, 0.15) is 12.3 Å². The molecule has 0 spiro atoms. The average Bonchev–Trinajstić information content (AvgIpc) is 3.38. The quantitative estimate of drug-likeness (QED) is 0.391. The topological polar surface area (TPSA) is 107 Å². The molecule has 0 saturated heterocycles. The molecule has 2 heterocycles. The smallest absolute Gasteiger partial charge is 0.265 e. The van der Waals surface area contributed by atoms with Crippen LogP contribution in [-0.2, 0) is 21.4 Å². The minimum Gasteiger partial charge on any atom is -0.497 e. The van der Waals surface area contributed by atoms with E-state index < -0.39 is 22.5 Å². The van der Waals surface area contributed by atoms with Crippen molar-refractivity contribution in [3.8, 4) is 17.2 Å². The molecule has 9 nitrogen and oxygen atoms in total. The lowest BCUT2D eigenvalue weighted by molar-refractivity contribution is -0.119. The summed E-state index contributed by atoms with van der Waals surface area (Å²) in [6.07, 6.45) is 3.14. The van der Waals surface area contributed by atoms with E-state index in [0.717, 1.165) is 9.87 Å². The second kappa shape index (κ2) is 9.74. The van der Waals surface area contributed by atoms with Crippen molar-refractivity contribution in [1.82, 2.24) is 10.3 Å². The first kappa shape index (κ1) is 23.4. The Morgan fingerprint density at radius 2 is 1.86 bits per heavy atom. The molecular formula is C26H23N3O6S. The number of nitrogens with zero attached hydrogens (tertiary/aromatic N) is 2. The van der Waals surface area contributed by atoms with Crippen LogP contribution >= 0.6 is 0 Å². The van der Waals surface area contributed by atoms with Gasteiger partial charge >= 0.3 is 0 Å². The Hall–Kier alpha value is -4.31. The number of ether oxygens (including phenoxy) is 3. The number of carbonyl (C=O) groups is 1. The number of amides is 1. The lowest BCUT2D eigenvalue weighted by atomic mass is 10.2. The third-order valence-electron chi connectivity index (χ3n) is 5.78. The Labute approximate surface area is 208 Å². The van der Waals surface area contributed by atoms with Gasteiger partial charge in [-0.25, -0.2) is 8.42 Å². The Morgan fingerprint density at radius 3 is 2.67 bits per heavy atom. The molecule has 5 rings (SSSR count). The molecule has 10 heteroatoms. The van der Waals surface area contributed by atoms with Gasteiger partial charge < -0.3 is 19.5 Å². The average molecular weight is 506 g/mol. The first-order valence-electron chi connectivity index (χ1n) is 11.1. The fraction of sp³-hybridized carbons (Fsp3) is 0.154. The zero-order valence-corrected chi connectivity index (χ0v) is 20.2. The van der Waals surface area contributed by atoms with E-state index in [1.807, 2.05) is 6.07 Å². The van der Waals surface area contributed by atoms with Crippen molar-refractivity contribution >= 4 is 32.4 Å². The van der Waals surface area contributed by atoms with Gasteiger partial charge in [0.25, 0.3) is 10.0 Å². The van der Waals surface area contributed by atoms with Crippen LogP contribution in [0.4, 0.5) is 5.69 Å². The van der Waals surface area contributed by atoms with Gasteiger partial charge in [-0.1, -0.05) is 18.2 Å². The summed E-state index contributed by atoms with van der Waals surface area (Å²) < 4.78 is 44.8. The van der Waals surface area contributed by atoms with E-state index in [1.54, 1.807) is 60.8 Å². The molecule has 0 fully saturated rings. The number of aromatic nitrogens is 1. The number of hydrogen-bond donors (Lipinski definition) is 1. The fourth-order valence-corrected chi connectivity index (χ4v) is 5.58. The second-order valence-electron chi connectivity index (χ2n) is 8.03. The second-order valence-corrected chi connectivity index (χ2v) is 9.86. The van der Waals surface area contributed by atoms with E-state index >= 15 is 0 Å². The van der Waals surface area contributed by atoms with Crippen molar-refractivity contribution in [2.75, 3.05) is 24.8 Å². The van der Waals surface area contributed by atoms with Gasteiger partial charge in [0, 0.05) is 29.7 Å². The highest BCUT2D eigenvalue weighted by atomic mass is 32.2. The number of sulfonamides is 1. The molecule has 184 valence electrons. The van der Waals surface area contributed by atoms with Crippen molar-refractivity contribution in [3.63, 3.8) is 0 Å². The molecular weight excluding hydrogens is 482 g/mol. The summed E-state index contributed by atoms with van der Waals surface area (Å²) >= 11 is 0. The van der Waals surface area contributed by atoms with Crippen LogP contribution in [0.5, 0.6) is 17.2 Å².